The Labute approximate surface area is 169 Å². The lowest BCUT2D eigenvalue weighted by molar-refractivity contribution is 0.0556. The van der Waals surface area contributed by atoms with E-state index in [1.54, 1.807) is 12.1 Å². The molecule has 0 spiro atoms. The fraction of sp³-hybridized carbons (Fsp3) is 0.211. The third-order valence-corrected chi connectivity index (χ3v) is 4.37. The molecular weight excluding hydrogens is 474 g/mol. The molecule has 0 aliphatic rings. The summed E-state index contributed by atoms with van der Waals surface area (Å²) < 4.78 is 30.1. The summed E-state index contributed by atoms with van der Waals surface area (Å²) in [5.74, 6) is 2.13. The SMILES string of the molecule is C#CCOC(=O)c1cc(I)c(OCc2ccc(F)cc2Cl)c(OCC)c1. The van der Waals surface area contributed by atoms with Crippen LogP contribution in [0.25, 0.3) is 0 Å². The van der Waals surface area contributed by atoms with Crippen molar-refractivity contribution in [2.75, 3.05) is 13.2 Å². The Morgan fingerprint density at radius 2 is 2.08 bits per heavy atom. The second-order valence-corrected chi connectivity index (χ2v) is 6.59. The van der Waals surface area contributed by atoms with Gasteiger partial charge in [0.25, 0.3) is 0 Å². The van der Waals surface area contributed by atoms with Crippen molar-refractivity contribution in [1.29, 1.82) is 0 Å². The highest BCUT2D eigenvalue weighted by Crippen LogP contribution is 2.35. The predicted octanol–water partition coefficient (Wildman–Crippen LogP) is 4.85. The smallest absolute Gasteiger partial charge is 0.339 e. The van der Waals surface area contributed by atoms with E-state index in [-0.39, 0.29) is 18.2 Å². The molecule has 0 aliphatic carbocycles. The van der Waals surface area contributed by atoms with E-state index in [1.807, 2.05) is 29.5 Å². The normalized spacial score (nSPS) is 10.1. The van der Waals surface area contributed by atoms with Crippen LogP contribution in [0.15, 0.2) is 30.3 Å². The maximum Gasteiger partial charge on any atom is 0.339 e. The quantitative estimate of drug-likeness (QED) is 0.318. The van der Waals surface area contributed by atoms with E-state index in [4.69, 9.17) is 32.2 Å². The van der Waals surface area contributed by atoms with E-state index >= 15 is 0 Å². The second kappa shape index (κ2) is 9.64. The van der Waals surface area contributed by atoms with Gasteiger partial charge in [0.2, 0.25) is 0 Å². The number of ether oxygens (including phenoxy) is 3. The van der Waals surface area contributed by atoms with Crippen LogP contribution in [0.2, 0.25) is 5.02 Å². The number of benzene rings is 2. The van der Waals surface area contributed by atoms with Gasteiger partial charge >= 0.3 is 5.97 Å². The number of carbonyl (C=O) groups excluding carboxylic acids is 1. The number of hydrogen-bond acceptors (Lipinski definition) is 4. The van der Waals surface area contributed by atoms with E-state index in [0.29, 0.717) is 32.8 Å². The third kappa shape index (κ3) is 5.26. The van der Waals surface area contributed by atoms with Gasteiger partial charge < -0.3 is 14.2 Å². The van der Waals surface area contributed by atoms with Crippen LogP contribution in [0.5, 0.6) is 11.5 Å². The first kappa shape index (κ1) is 20.3. The molecule has 0 heterocycles. The molecule has 0 atom stereocenters. The molecule has 4 nitrogen and oxygen atoms in total. The fourth-order valence-corrected chi connectivity index (χ4v) is 3.05. The minimum absolute atomic E-state index is 0.110. The molecule has 0 radical (unpaired) electrons. The van der Waals surface area contributed by atoms with Gasteiger partial charge in [0, 0.05) is 5.56 Å². The van der Waals surface area contributed by atoms with Crippen LogP contribution in [0.4, 0.5) is 4.39 Å². The molecular formula is C19H15ClFIO4. The summed E-state index contributed by atoms with van der Waals surface area (Å²) in [5.41, 5.74) is 0.934. The van der Waals surface area contributed by atoms with Crippen molar-refractivity contribution in [3.05, 3.63) is 55.9 Å². The van der Waals surface area contributed by atoms with Crippen LogP contribution >= 0.6 is 34.2 Å². The molecule has 0 fully saturated rings. The van der Waals surface area contributed by atoms with Gasteiger partial charge in [0.05, 0.1) is 20.8 Å². The fourth-order valence-electron chi connectivity index (χ4n) is 2.07. The van der Waals surface area contributed by atoms with Gasteiger partial charge in [-0.15, -0.1) is 6.42 Å². The van der Waals surface area contributed by atoms with E-state index in [0.717, 1.165) is 0 Å². The zero-order chi connectivity index (χ0) is 19.1. The Hall–Kier alpha value is -1.98. The second-order valence-electron chi connectivity index (χ2n) is 5.02. The Kier molecular flexibility index (Phi) is 7.54. The van der Waals surface area contributed by atoms with Crippen molar-refractivity contribution in [1.82, 2.24) is 0 Å². The summed E-state index contributed by atoms with van der Waals surface area (Å²) in [6.45, 7) is 2.21. The van der Waals surface area contributed by atoms with Crippen LogP contribution in [0.3, 0.4) is 0 Å². The minimum Gasteiger partial charge on any atom is -0.490 e. The summed E-state index contributed by atoms with van der Waals surface area (Å²) in [5, 5.41) is 0.271. The molecule has 0 amide bonds. The molecule has 0 saturated carbocycles. The first-order chi connectivity index (χ1) is 12.5. The summed E-state index contributed by atoms with van der Waals surface area (Å²) in [6.07, 6.45) is 5.10. The predicted molar refractivity (Wildman–Crippen MR) is 105 cm³/mol. The highest BCUT2D eigenvalue weighted by Gasteiger charge is 2.17. The summed E-state index contributed by atoms with van der Waals surface area (Å²) >= 11 is 8.05. The van der Waals surface area contributed by atoms with E-state index in [9.17, 15) is 9.18 Å². The van der Waals surface area contributed by atoms with Gasteiger partial charge in [0.15, 0.2) is 18.1 Å². The largest absolute Gasteiger partial charge is 0.490 e. The number of terminal acetylenes is 1. The van der Waals surface area contributed by atoms with Crippen molar-refractivity contribution in [2.24, 2.45) is 0 Å². The van der Waals surface area contributed by atoms with E-state index in [2.05, 4.69) is 5.92 Å². The van der Waals surface area contributed by atoms with Gasteiger partial charge in [-0.3, -0.25) is 0 Å². The molecule has 2 aromatic carbocycles. The monoisotopic (exact) mass is 488 g/mol. The van der Waals surface area contributed by atoms with Gasteiger partial charge in [-0.2, -0.15) is 0 Å². The lowest BCUT2D eigenvalue weighted by atomic mass is 10.2. The Morgan fingerprint density at radius 1 is 1.31 bits per heavy atom. The van der Waals surface area contributed by atoms with Gasteiger partial charge in [-0.1, -0.05) is 23.6 Å². The average Bonchev–Trinajstić information content (AvgIpc) is 2.60. The standard InChI is InChI=1S/C19H15ClFIO4/c1-3-7-25-19(23)13-8-16(22)18(17(9-13)24-4-2)26-11-12-5-6-14(21)10-15(12)20/h1,5-6,8-10H,4,7,11H2,2H3. The Balaban J connectivity index is 2.26. The molecule has 26 heavy (non-hydrogen) atoms. The van der Waals surface area contributed by atoms with Crippen molar-refractivity contribution in [3.8, 4) is 23.8 Å². The van der Waals surface area contributed by atoms with Gasteiger partial charge in [0.1, 0.15) is 12.4 Å². The average molecular weight is 489 g/mol. The lowest BCUT2D eigenvalue weighted by Crippen LogP contribution is -2.08. The zero-order valence-corrected chi connectivity index (χ0v) is 16.8. The van der Waals surface area contributed by atoms with Gasteiger partial charge in [-0.05, 0) is 53.8 Å². The first-order valence-corrected chi connectivity index (χ1v) is 9.05. The van der Waals surface area contributed by atoms with Crippen LogP contribution in [-0.4, -0.2) is 19.2 Å². The zero-order valence-electron chi connectivity index (χ0n) is 13.9. The van der Waals surface area contributed by atoms with Crippen LogP contribution in [0.1, 0.15) is 22.8 Å². The van der Waals surface area contributed by atoms with E-state index < -0.39 is 11.8 Å². The number of rotatable bonds is 7. The summed E-state index contributed by atoms with van der Waals surface area (Å²) in [4.78, 5) is 12.0. The molecule has 2 aromatic rings. The van der Waals surface area contributed by atoms with Crippen LogP contribution in [-0.2, 0) is 11.3 Å². The number of halogens is 3. The highest BCUT2D eigenvalue weighted by molar-refractivity contribution is 14.1. The van der Waals surface area contributed by atoms with Crippen LogP contribution in [0, 0.1) is 21.7 Å². The Morgan fingerprint density at radius 3 is 2.73 bits per heavy atom. The third-order valence-electron chi connectivity index (χ3n) is 3.22. The topological polar surface area (TPSA) is 44.8 Å². The maximum atomic E-state index is 13.1. The molecule has 0 saturated heterocycles. The van der Waals surface area contributed by atoms with Crippen molar-refractivity contribution in [3.63, 3.8) is 0 Å². The molecule has 0 unspecified atom stereocenters. The van der Waals surface area contributed by atoms with Crippen LogP contribution < -0.4 is 9.47 Å². The molecule has 2 rings (SSSR count). The Bertz CT molecular complexity index is 848. The van der Waals surface area contributed by atoms with Crippen molar-refractivity contribution in [2.45, 2.75) is 13.5 Å². The molecule has 136 valence electrons. The summed E-state index contributed by atoms with van der Waals surface area (Å²) in [6, 6.07) is 7.23. The molecule has 0 bridgehead atoms. The summed E-state index contributed by atoms with van der Waals surface area (Å²) in [7, 11) is 0. The molecule has 7 heteroatoms. The highest BCUT2D eigenvalue weighted by atomic mass is 127. The molecule has 0 aliphatic heterocycles. The van der Waals surface area contributed by atoms with Crippen molar-refractivity contribution >= 4 is 40.2 Å². The number of esters is 1. The first-order valence-electron chi connectivity index (χ1n) is 7.60. The maximum absolute atomic E-state index is 13.1. The van der Waals surface area contributed by atoms with Gasteiger partial charge in [-0.25, -0.2) is 9.18 Å². The number of hydrogen-bond donors (Lipinski definition) is 0. The minimum atomic E-state index is -0.546. The molecule has 0 N–H and O–H groups in total. The van der Waals surface area contributed by atoms with E-state index in [1.165, 1.54) is 18.2 Å². The lowest BCUT2D eigenvalue weighted by Gasteiger charge is -2.15. The van der Waals surface area contributed by atoms with Crippen molar-refractivity contribution < 1.29 is 23.4 Å². The molecule has 0 aromatic heterocycles. The number of carbonyl (C=O) groups is 1.